The number of rotatable bonds is 4. The first-order chi connectivity index (χ1) is 8.53. The summed E-state index contributed by atoms with van der Waals surface area (Å²) in [6.07, 6.45) is 6.37. The number of hydrogen-bond acceptors (Lipinski definition) is 2. The highest BCUT2D eigenvalue weighted by Crippen LogP contribution is 2.38. The van der Waals surface area contributed by atoms with Crippen molar-refractivity contribution < 1.29 is 9.90 Å². The number of aliphatic carboxylic acids is 1. The molecule has 1 aliphatic heterocycles. The molecule has 0 atom stereocenters. The number of carboxylic acid groups (broad SMARTS) is 1. The monoisotopic (exact) mass is 253 g/mol. The Morgan fingerprint density at radius 2 is 1.78 bits per heavy atom. The average Bonchev–Trinajstić information content (AvgIpc) is 2.48. The lowest BCUT2D eigenvalue weighted by Gasteiger charge is -2.45. The van der Waals surface area contributed by atoms with Gasteiger partial charge in [-0.2, -0.15) is 0 Å². The van der Waals surface area contributed by atoms with Crippen molar-refractivity contribution in [3.8, 4) is 0 Å². The first kappa shape index (κ1) is 13.9. The smallest absolute Gasteiger partial charge is 0.310 e. The van der Waals surface area contributed by atoms with Crippen molar-refractivity contribution in [2.75, 3.05) is 19.6 Å². The number of nitrogens with zero attached hydrogens (tertiary/aromatic N) is 1. The van der Waals surface area contributed by atoms with Crippen molar-refractivity contribution >= 4 is 5.97 Å². The molecular formula is C15H27NO2. The summed E-state index contributed by atoms with van der Waals surface area (Å²) in [5, 5.41) is 9.63. The van der Waals surface area contributed by atoms with Crippen LogP contribution in [0.4, 0.5) is 0 Å². The van der Waals surface area contributed by atoms with E-state index in [9.17, 15) is 9.90 Å². The second-order valence-electron chi connectivity index (χ2n) is 6.70. The van der Waals surface area contributed by atoms with Gasteiger partial charge in [-0.25, -0.2) is 0 Å². The molecule has 2 rings (SSSR count). The van der Waals surface area contributed by atoms with Crippen molar-refractivity contribution in [1.82, 2.24) is 4.90 Å². The number of hydrogen-bond donors (Lipinski definition) is 1. The van der Waals surface area contributed by atoms with E-state index in [1.54, 1.807) is 0 Å². The molecule has 0 aromatic heterocycles. The van der Waals surface area contributed by atoms with Crippen molar-refractivity contribution in [2.24, 2.45) is 17.3 Å². The Balaban J connectivity index is 1.93. The van der Waals surface area contributed by atoms with E-state index < -0.39 is 11.4 Å². The lowest BCUT2D eigenvalue weighted by molar-refractivity contribution is -0.152. The summed E-state index contributed by atoms with van der Waals surface area (Å²) in [6, 6.07) is 0. The lowest BCUT2D eigenvalue weighted by atomic mass is 9.77. The van der Waals surface area contributed by atoms with E-state index in [0.29, 0.717) is 0 Å². The van der Waals surface area contributed by atoms with Crippen LogP contribution in [0.25, 0.3) is 0 Å². The minimum absolute atomic E-state index is 0.446. The molecule has 1 heterocycles. The molecule has 3 nitrogen and oxygen atoms in total. The first-order valence-electron chi connectivity index (χ1n) is 7.49. The molecule has 0 bridgehead atoms. The predicted molar refractivity (Wildman–Crippen MR) is 72.5 cm³/mol. The Kier molecular flexibility index (Phi) is 4.31. The molecule has 0 aromatic rings. The third kappa shape index (κ3) is 2.87. The van der Waals surface area contributed by atoms with Crippen LogP contribution in [0.1, 0.15) is 52.4 Å². The van der Waals surface area contributed by atoms with E-state index in [0.717, 1.165) is 57.2 Å². The van der Waals surface area contributed by atoms with E-state index in [2.05, 4.69) is 18.7 Å². The molecule has 0 amide bonds. The number of carbonyl (C=O) groups is 1. The number of carboxylic acids is 1. The number of likely N-dealkylation sites (tertiary alicyclic amines) is 1. The van der Waals surface area contributed by atoms with Gasteiger partial charge in [-0.1, -0.05) is 39.5 Å². The van der Waals surface area contributed by atoms with Gasteiger partial charge in [0.2, 0.25) is 0 Å². The summed E-state index contributed by atoms with van der Waals surface area (Å²) in [5.41, 5.74) is -0.446. The molecule has 1 saturated heterocycles. The molecule has 1 aliphatic carbocycles. The van der Waals surface area contributed by atoms with Gasteiger partial charge in [-0.3, -0.25) is 4.79 Å². The van der Waals surface area contributed by atoms with E-state index in [1.807, 2.05) is 0 Å². The Hall–Kier alpha value is -0.570. The van der Waals surface area contributed by atoms with Gasteiger partial charge in [-0.05, 0) is 24.7 Å². The minimum Gasteiger partial charge on any atom is -0.481 e. The van der Waals surface area contributed by atoms with Gasteiger partial charge in [0.1, 0.15) is 0 Å². The zero-order valence-corrected chi connectivity index (χ0v) is 11.8. The second-order valence-corrected chi connectivity index (χ2v) is 6.70. The zero-order valence-electron chi connectivity index (χ0n) is 11.8. The largest absolute Gasteiger partial charge is 0.481 e. The van der Waals surface area contributed by atoms with E-state index >= 15 is 0 Å². The molecule has 1 N–H and O–H groups in total. The second kappa shape index (κ2) is 5.60. The summed E-state index contributed by atoms with van der Waals surface area (Å²) >= 11 is 0. The van der Waals surface area contributed by atoms with E-state index in [1.165, 1.54) is 12.8 Å². The molecule has 0 radical (unpaired) electrons. The Bertz CT molecular complexity index is 287. The fraction of sp³-hybridized carbons (Fsp3) is 0.933. The molecular weight excluding hydrogens is 226 g/mol. The third-order valence-corrected chi connectivity index (χ3v) is 4.97. The van der Waals surface area contributed by atoms with Crippen LogP contribution in [0.2, 0.25) is 0 Å². The van der Waals surface area contributed by atoms with Gasteiger partial charge >= 0.3 is 5.97 Å². The van der Waals surface area contributed by atoms with Crippen LogP contribution in [-0.2, 0) is 4.79 Å². The van der Waals surface area contributed by atoms with Crippen LogP contribution in [-0.4, -0.2) is 35.6 Å². The first-order valence-corrected chi connectivity index (χ1v) is 7.49. The fourth-order valence-electron chi connectivity index (χ4n) is 3.43. The summed E-state index contributed by atoms with van der Waals surface area (Å²) in [7, 11) is 0. The molecule has 0 unspecified atom stereocenters. The highest BCUT2D eigenvalue weighted by Gasteiger charge is 2.42. The van der Waals surface area contributed by atoms with Gasteiger partial charge in [0.25, 0.3) is 0 Å². The topological polar surface area (TPSA) is 40.5 Å². The lowest BCUT2D eigenvalue weighted by Crippen LogP contribution is -2.54. The van der Waals surface area contributed by atoms with Gasteiger partial charge < -0.3 is 10.0 Å². The van der Waals surface area contributed by atoms with Crippen LogP contribution in [0.3, 0.4) is 0 Å². The molecule has 2 aliphatic rings. The molecule has 18 heavy (non-hydrogen) atoms. The summed E-state index contributed by atoms with van der Waals surface area (Å²) in [4.78, 5) is 14.1. The minimum atomic E-state index is -0.558. The van der Waals surface area contributed by atoms with Gasteiger partial charge in [0.15, 0.2) is 0 Å². The standard InChI is InChI=1S/C15H27NO2/c1-12(2)13-9-16(10-13)11-15(14(17)18)7-5-3-4-6-8-15/h12-13H,3-11H2,1-2H3,(H,17,18). The Morgan fingerprint density at radius 1 is 1.22 bits per heavy atom. The summed E-state index contributed by atoms with van der Waals surface area (Å²) in [5.74, 6) is 0.954. The van der Waals surface area contributed by atoms with E-state index in [4.69, 9.17) is 0 Å². The summed E-state index contributed by atoms with van der Waals surface area (Å²) < 4.78 is 0. The maximum absolute atomic E-state index is 11.7. The van der Waals surface area contributed by atoms with Crippen LogP contribution < -0.4 is 0 Å². The van der Waals surface area contributed by atoms with Crippen molar-refractivity contribution in [2.45, 2.75) is 52.4 Å². The molecule has 1 saturated carbocycles. The van der Waals surface area contributed by atoms with Crippen LogP contribution in [0, 0.1) is 17.3 Å². The van der Waals surface area contributed by atoms with Crippen molar-refractivity contribution in [3.63, 3.8) is 0 Å². The zero-order chi connectivity index (χ0) is 13.2. The molecule has 0 aromatic carbocycles. The fourth-order valence-corrected chi connectivity index (χ4v) is 3.43. The predicted octanol–water partition coefficient (Wildman–Crippen LogP) is 3.00. The van der Waals surface area contributed by atoms with Crippen LogP contribution in [0.5, 0.6) is 0 Å². The summed E-state index contributed by atoms with van der Waals surface area (Å²) in [6.45, 7) is 7.52. The molecule has 0 spiro atoms. The Labute approximate surface area is 111 Å². The highest BCUT2D eigenvalue weighted by molar-refractivity contribution is 5.75. The highest BCUT2D eigenvalue weighted by atomic mass is 16.4. The molecule has 2 fully saturated rings. The van der Waals surface area contributed by atoms with Crippen LogP contribution in [0.15, 0.2) is 0 Å². The van der Waals surface area contributed by atoms with Gasteiger partial charge in [0, 0.05) is 19.6 Å². The maximum atomic E-state index is 11.7. The molecule has 3 heteroatoms. The SMILES string of the molecule is CC(C)C1CN(CC2(C(=O)O)CCCCCC2)C1. The Morgan fingerprint density at radius 3 is 2.22 bits per heavy atom. The van der Waals surface area contributed by atoms with Gasteiger partial charge in [-0.15, -0.1) is 0 Å². The third-order valence-electron chi connectivity index (χ3n) is 4.97. The maximum Gasteiger partial charge on any atom is 0.310 e. The van der Waals surface area contributed by atoms with E-state index in [-0.39, 0.29) is 0 Å². The average molecular weight is 253 g/mol. The van der Waals surface area contributed by atoms with Crippen molar-refractivity contribution in [3.05, 3.63) is 0 Å². The molecule has 104 valence electrons. The normalized spacial score (nSPS) is 25.7. The van der Waals surface area contributed by atoms with Crippen molar-refractivity contribution in [1.29, 1.82) is 0 Å². The quantitative estimate of drug-likeness (QED) is 0.783. The van der Waals surface area contributed by atoms with Crippen LogP contribution >= 0.6 is 0 Å². The van der Waals surface area contributed by atoms with Gasteiger partial charge in [0.05, 0.1) is 5.41 Å².